The first-order chi connectivity index (χ1) is 14.1. The summed E-state index contributed by atoms with van der Waals surface area (Å²) in [6, 6.07) is 8.95. The number of hydrogen-bond acceptors (Lipinski definition) is 6. The molecule has 7 nitrogen and oxygen atoms in total. The number of carbonyl (C=O) groups is 1. The molecule has 1 aliphatic rings. The third-order valence-corrected chi connectivity index (χ3v) is 5.87. The van der Waals surface area contributed by atoms with Crippen molar-refractivity contribution in [2.45, 2.75) is 37.6 Å². The SMILES string of the molecule is Cc1occc1-c1nnc(SCC(=O)Nc2cccc(Cl)c2)n1C[C@@H]1CCCO1. The molecular weight excluding hydrogens is 412 g/mol. The molecule has 0 unspecified atom stereocenters. The van der Waals surface area contributed by atoms with Gasteiger partial charge in [0.1, 0.15) is 5.76 Å². The predicted molar refractivity (Wildman–Crippen MR) is 112 cm³/mol. The number of amides is 1. The number of aryl methyl sites for hydroxylation is 1. The number of halogens is 1. The van der Waals surface area contributed by atoms with Crippen LogP contribution < -0.4 is 5.32 Å². The highest BCUT2D eigenvalue weighted by Gasteiger charge is 2.23. The van der Waals surface area contributed by atoms with Crippen LogP contribution >= 0.6 is 23.4 Å². The van der Waals surface area contributed by atoms with E-state index in [2.05, 4.69) is 15.5 Å². The van der Waals surface area contributed by atoms with E-state index in [1.807, 2.05) is 17.6 Å². The Morgan fingerprint density at radius 3 is 3.00 bits per heavy atom. The molecule has 0 spiro atoms. The van der Waals surface area contributed by atoms with E-state index >= 15 is 0 Å². The van der Waals surface area contributed by atoms with Gasteiger partial charge in [-0.15, -0.1) is 10.2 Å². The van der Waals surface area contributed by atoms with E-state index in [0.717, 1.165) is 36.6 Å². The monoisotopic (exact) mass is 432 g/mol. The first kappa shape index (κ1) is 20.0. The van der Waals surface area contributed by atoms with Crippen LogP contribution in [0.1, 0.15) is 18.6 Å². The Hall–Kier alpha value is -2.29. The molecule has 0 aliphatic carbocycles. The number of aromatic nitrogens is 3. The van der Waals surface area contributed by atoms with Crippen molar-refractivity contribution in [3.8, 4) is 11.4 Å². The van der Waals surface area contributed by atoms with Gasteiger partial charge in [0.25, 0.3) is 0 Å². The lowest BCUT2D eigenvalue weighted by atomic mass is 10.2. The number of benzene rings is 1. The van der Waals surface area contributed by atoms with Crippen molar-refractivity contribution in [3.05, 3.63) is 47.4 Å². The Balaban J connectivity index is 1.49. The molecule has 1 saturated heterocycles. The van der Waals surface area contributed by atoms with Crippen LogP contribution in [0.3, 0.4) is 0 Å². The maximum absolute atomic E-state index is 12.4. The zero-order chi connectivity index (χ0) is 20.2. The molecule has 1 amide bonds. The molecule has 1 fully saturated rings. The van der Waals surface area contributed by atoms with Gasteiger partial charge < -0.3 is 14.5 Å². The summed E-state index contributed by atoms with van der Waals surface area (Å²) >= 11 is 7.31. The van der Waals surface area contributed by atoms with Crippen molar-refractivity contribution < 1.29 is 13.9 Å². The molecule has 152 valence electrons. The number of anilines is 1. The van der Waals surface area contributed by atoms with Gasteiger partial charge in [-0.3, -0.25) is 9.36 Å². The second kappa shape index (κ2) is 9.02. The van der Waals surface area contributed by atoms with Crippen molar-refractivity contribution in [2.24, 2.45) is 0 Å². The fourth-order valence-corrected chi connectivity index (χ4v) is 4.20. The van der Waals surface area contributed by atoms with Gasteiger partial charge in [-0.05, 0) is 44.0 Å². The molecule has 1 atom stereocenters. The van der Waals surface area contributed by atoms with Gasteiger partial charge in [0, 0.05) is 17.3 Å². The first-order valence-corrected chi connectivity index (χ1v) is 10.7. The summed E-state index contributed by atoms with van der Waals surface area (Å²) < 4.78 is 13.3. The zero-order valence-electron chi connectivity index (χ0n) is 15.9. The van der Waals surface area contributed by atoms with Crippen LogP contribution in [-0.2, 0) is 16.1 Å². The van der Waals surface area contributed by atoms with Gasteiger partial charge in [0.2, 0.25) is 5.91 Å². The summed E-state index contributed by atoms with van der Waals surface area (Å²) in [5, 5.41) is 12.8. The van der Waals surface area contributed by atoms with Crippen LogP contribution in [0.2, 0.25) is 5.02 Å². The topological polar surface area (TPSA) is 82.2 Å². The van der Waals surface area contributed by atoms with Gasteiger partial charge in [-0.2, -0.15) is 0 Å². The van der Waals surface area contributed by atoms with E-state index < -0.39 is 0 Å². The summed E-state index contributed by atoms with van der Waals surface area (Å²) in [4.78, 5) is 12.4. The summed E-state index contributed by atoms with van der Waals surface area (Å²) in [7, 11) is 0. The van der Waals surface area contributed by atoms with Crippen LogP contribution in [-0.4, -0.2) is 39.1 Å². The van der Waals surface area contributed by atoms with Crippen molar-refractivity contribution in [3.63, 3.8) is 0 Å². The third-order valence-electron chi connectivity index (χ3n) is 4.67. The van der Waals surface area contributed by atoms with Gasteiger partial charge >= 0.3 is 0 Å². The highest BCUT2D eigenvalue weighted by atomic mass is 35.5. The molecule has 1 aliphatic heterocycles. The molecule has 2 aromatic heterocycles. The number of ether oxygens (including phenoxy) is 1. The van der Waals surface area contributed by atoms with Gasteiger partial charge in [0.15, 0.2) is 11.0 Å². The van der Waals surface area contributed by atoms with Crippen molar-refractivity contribution in [1.29, 1.82) is 0 Å². The van der Waals surface area contributed by atoms with Crippen LogP contribution in [0, 0.1) is 6.92 Å². The Bertz CT molecular complexity index is 997. The smallest absolute Gasteiger partial charge is 0.234 e. The number of nitrogens with one attached hydrogen (secondary N) is 1. The minimum absolute atomic E-state index is 0.122. The van der Waals surface area contributed by atoms with E-state index in [0.29, 0.717) is 22.4 Å². The molecule has 9 heteroatoms. The van der Waals surface area contributed by atoms with E-state index in [4.69, 9.17) is 20.8 Å². The largest absolute Gasteiger partial charge is 0.469 e. The van der Waals surface area contributed by atoms with Crippen LogP contribution in [0.15, 0.2) is 46.2 Å². The molecule has 0 radical (unpaired) electrons. The lowest BCUT2D eigenvalue weighted by Crippen LogP contribution is -2.18. The maximum atomic E-state index is 12.4. The number of furan rings is 1. The standard InChI is InChI=1S/C20H21ClN4O3S/c1-13-17(7-9-27-13)19-23-24-20(25(19)11-16-6-3-8-28-16)29-12-18(26)22-15-5-2-4-14(21)10-15/h2,4-5,7,9-10,16H,3,6,8,11-12H2,1H3,(H,22,26)/t16-/m0/s1. The molecule has 29 heavy (non-hydrogen) atoms. The number of nitrogens with zero attached hydrogens (tertiary/aromatic N) is 3. The molecule has 0 saturated carbocycles. The number of hydrogen-bond donors (Lipinski definition) is 1. The zero-order valence-corrected chi connectivity index (χ0v) is 17.5. The van der Waals surface area contributed by atoms with Crippen LogP contribution in [0.4, 0.5) is 5.69 Å². The van der Waals surface area contributed by atoms with E-state index in [-0.39, 0.29) is 17.8 Å². The lowest BCUT2D eigenvalue weighted by molar-refractivity contribution is -0.113. The van der Waals surface area contributed by atoms with Crippen LogP contribution in [0.5, 0.6) is 0 Å². The highest BCUT2D eigenvalue weighted by molar-refractivity contribution is 7.99. The van der Waals surface area contributed by atoms with E-state index in [1.54, 1.807) is 30.5 Å². The fourth-order valence-electron chi connectivity index (χ4n) is 3.26. The third kappa shape index (κ3) is 4.83. The second-order valence-electron chi connectivity index (χ2n) is 6.79. The van der Waals surface area contributed by atoms with E-state index in [9.17, 15) is 4.79 Å². The van der Waals surface area contributed by atoms with Crippen LogP contribution in [0.25, 0.3) is 11.4 Å². The fraction of sp³-hybridized carbons (Fsp3) is 0.350. The van der Waals surface area contributed by atoms with Gasteiger partial charge in [-0.1, -0.05) is 29.4 Å². The van der Waals surface area contributed by atoms with E-state index in [1.165, 1.54) is 11.8 Å². The Kier molecular flexibility index (Phi) is 6.22. The second-order valence-corrected chi connectivity index (χ2v) is 8.17. The average molecular weight is 433 g/mol. The Morgan fingerprint density at radius 1 is 1.38 bits per heavy atom. The molecule has 1 aromatic carbocycles. The van der Waals surface area contributed by atoms with Crippen molar-refractivity contribution in [2.75, 3.05) is 17.7 Å². The minimum Gasteiger partial charge on any atom is -0.469 e. The first-order valence-electron chi connectivity index (χ1n) is 9.37. The molecule has 0 bridgehead atoms. The minimum atomic E-state index is -0.134. The summed E-state index contributed by atoms with van der Waals surface area (Å²) in [6.45, 7) is 3.31. The Labute approximate surface area is 177 Å². The van der Waals surface area contributed by atoms with Crippen molar-refractivity contribution >= 4 is 35.0 Å². The molecular formula is C20H21ClN4O3S. The average Bonchev–Trinajstić information content (AvgIpc) is 3.42. The number of carbonyl (C=O) groups excluding carboxylic acids is 1. The maximum Gasteiger partial charge on any atom is 0.234 e. The molecule has 3 heterocycles. The molecule has 3 aromatic rings. The summed E-state index contributed by atoms with van der Waals surface area (Å²) in [5.41, 5.74) is 1.56. The predicted octanol–water partition coefficient (Wildman–Crippen LogP) is 4.41. The summed E-state index contributed by atoms with van der Waals surface area (Å²) in [5.74, 6) is 1.58. The van der Waals surface area contributed by atoms with Crippen molar-refractivity contribution in [1.82, 2.24) is 14.8 Å². The normalized spacial score (nSPS) is 16.3. The van der Waals surface area contributed by atoms with Gasteiger partial charge in [0.05, 0.1) is 30.2 Å². The highest BCUT2D eigenvalue weighted by Crippen LogP contribution is 2.29. The molecule has 1 N–H and O–H groups in total. The molecule has 4 rings (SSSR count). The number of thioether (sulfide) groups is 1. The summed E-state index contributed by atoms with van der Waals surface area (Å²) in [6.07, 6.45) is 3.82. The number of rotatable bonds is 7. The Morgan fingerprint density at radius 2 is 2.28 bits per heavy atom. The van der Waals surface area contributed by atoms with Gasteiger partial charge in [-0.25, -0.2) is 0 Å². The quantitative estimate of drug-likeness (QED) is 0.557. The lowest BCUT2D eigenvalue weighted by Gasteiger charge is -2.14.